The van der Waals surface area contributed by atoms with E-state index in [1.165, 1.54) is 0 Å². The molecule has 0 aromatic heterocycles. The van der Waals surface area contributed by atoms with Crippen molar-refractivity contribution in [1.82, 2.24) is 5.32 Å². The van der Waals surface area contributed by atoms with E-state index in [-0.39, 0.29) is 24.2 Å². The molecule has 2 nitrogen and oxygen atoms in total. The van der Waals surface area contributed by atoms with Gasteiger partial charge in [0.05, 0.1) is 6.04 Å². The summed E-state index contributed by atoms with van der Waals surface area (Å²) in [6.45, 7) is 1.82. The van der Waals surface area contributed by atoms with Gasteiger partial charge in [-0.15, -0.1) is 12.4 Å². The van der Waals surface area contributed by atoms with Crippen molar-refractivity contribution < 1.29 is 4.79 Å². The number of hydrogen-bond donors (Lipinski definition) is 1. The Labute approximate surface area is 95.1 Å². The van der Waals surface area contributed by atoms with Crippen molar-refractivity contribution in [1.29, 1.82) is 0 Å². The Hall–Kier alpha value is -0.570. The van der Waals surface area contributed by atoms with Gasteiger partial charge < -0.3 is 5.32 Å². The first-order chi connectivity index (χ1) is 6.15. The molecule has 0 aliphatic heterocycles. The fourth-order valence-corrected chi connectivity index (χ4v) is 1.21. The first-order valence-corrected chi connectivity index (χ1v) is 4.50. The van der Waals surface area contributed by atoms with Gasteiger partial charge in [0, 0.05) is 10.6 Å². The van der Waals surface area contributed by atoms with Gasteiger partial charge >= 0.3 is 0 Å². The van der Waals surface area contributed by atoms with Crippen molar-refractivity contribution in [3.63, 3.8) is 0 Å². The van der Waals surface area contributed by atoms with Gasteiger partial charge in [-0.3, -0.25) is 4.79 Å². The van der Waals surface area contributed by atoms with Crippen LogP contribution in [0.5, 0.6) is 0 Å². The van der Waals surface area contributed by atoms with Crippen LogP contribution in [-0.4, -0.2) is 18.9 Å². The van der Waals surface area contributed by atoms with Gasteiger partial charge in [0.2, 0.25) is 0 Å². The molecule has 0 spiro atoms. The lowest BCUT2D eigenvalue weighted by Gasteiger charge is -2.08. The van der Waals surface area contributed by atoms with Crippen molar-refractivity contribution in [2.24, 2.45) is 0 Å². The predicted molar refractivity (Wildman–Crippen MR) is 61.6 cm³/mol. The van der Waals surface area contributed by atoms with Crippen LogP contribution in [-0.2, 0) is 0 Å². The standard InChI is InChI=1S/C10H12ClNO.ClH/c1-7(12-2)10(13)8-4-3-5-9(11)6-8;/h3-7,12H,1-2H3;1H. The van der Waals surface area contributed by atoms with E-state index in [1.807, 2.05) is 6.92 Å². The summed E-state index contributed by atoms with van der Waals surface area (Å²) < 4.78 is 0. The zero-order valence-electron chi connectivity index (χ0n) is 8.08. The number of rotatable bonds is 3. The van der Waals surface area contributed by atoms with Gasteiger partial charge in [0.25, 0.3) is 0 Å². The van der Waals surface area contributed by atoms with Crippen LogP contribution in [0.1, 0.15) is 17.3 Å². The van der Waals surface area contributed by atoms with Gasteiger partial charge in [0.15, 0.2) is 5.78 Å². The first-order valence-electron chi connectivity index (χ1n) is 4.12. The third-order valence-electron chi connectivity index (χ3n) is 1.94. The summed E-state index contributed by atoms with van der Waals surface area (Å²) >= 11 is 5.76. The highest BCUT2D eigenvalue weighted by Gasteiger charge is 2.12. The first kappa shape index (κ1) is 13.4. The Bertz CT molecular complexity index is 315. The maximum atomic E-state index is 11.6. The summed E-state index contributed by atoms with van der Waals surface area (Å²) in [4.78, 5) is 11.6. The SMILES string of the molecule is CNC(C)C(=O)c1cccc(Cl)c1.Cl. The summed E-state index contributed by atoms with van der Waals surface area (Å²) in [7, 11) is 1.76. The lowest BCUT2D eigenvalue weighted by molar-refractivity contribution is 0.0955. The molecule has 0 aliphatic rings. The van der Waals surface area contributed by atoms with E-state index in [0.29, 0.717) is 10.6 Å². The highest BCUT2D eigenvalue weighted by atomic mass is 35.5. The highest BCUT2D eigenvalue weighted by molar-refractivity contribution is 6.31. The maximum absolute atomic E-state index is 11.6. The van der Waals surface area contributed by atoms with E-state index in [2.05, 4.69) is 5.32 Å². The number of halogens is 2. The predicted octanol–water partition coefficient (Wildman–Crippen LogP) is 2.55. The fourth-order valence-electron chi connectivity index (χ4n) is 1.02. The summed E-state index contributed by atoms with van der Waals surface area (Å²) in [6.07, 6.45) is 0. The zero-order valence-corrected chi connectivity index (χ0v) is 9.65. The third-order valence-corrected chi connectivity index (χ3v) is 2.17. The molecule has 1 aromatic carbocycles. The average Bonchev–Trinajstić information content (AvgIpc) is 2.15. The van der Waals surface area contributed by atoms with Gasteiger partial charge in [-0.2, -0.15) is 0 Å². The fraction of sp³-hybridized carbons (Fsp3) is 0.300. The number of carbonyl (C=O) groups excluding carboxylic acids is 1. The van der Waals surface area contributed by atoms with E-state index in [0.717, 1.165) is 0 Å². The molecule has 0 radical (unpaired) electrons. The summed E-state index contributed by atoms with van der Waals surface area (Å²) in [5.74, 6) is 0.0602. The molecule has 1 rings (SSSR count). The molecule has 1 atom stereocenters. The minimum Gasteiger partial charge on any atom is -0.310 e. The van der Waals surface area contributed by atoms with Gasteiger partial charge in [-0.1, -0.05) is 23.7 Å². The Kier molecular flexibility index (Phi) is 5.77. The van der Waals surface area contributed by atoms with Crippen molar-refractivity contribution in [3.8, 4) is 0 Å². The average molecular weight is 234 g/mol. The molecule has 1 unspecified atom stereocenters. The number of benzene rings is 1. The van der Waals surface area contributed by atoms with Crippen molar-refractivity contribution in [2.75, 3.05) is 7.05 Å². The molecule has 0 bridgehead atoms. The largest absolute Gasteiger partial charge is 0.310 e. The Morgan fingerprint density at radius 3 is 2.64 bits per heavy atom. The lowest BCUT2D eigenvalue weighted by Crippen LogP contribution is -2.30. The van der Waals surface area contributed by atoms with E-state index >= 15 is 0 Å². The lowest BCUT2D eigenvalue weighted by atomic mass is 10.1. The molecule has 0 aliphatic carbocycles. The molecular formula is C10H13Cl2NO. The number of hydrogen-bond acceptors (Lipinski definition) is 2. The molecule has 1 N–H and O–H groups in total. The quantitative estimate of drug-likeness (QED) is 0.814. The summed E-state index contributed by atoms with van der Waals surface area (Å²) in [5.41, 5.74) is 0.648. The molecular weight excluding hydrogens is 221 g/mol. The molecule has 0 amide bonds. The van der Waals surface area contributed by atoms with Crippen LogP contribution < -0.4 is 5.32 Å². The maximum Gasteiger partial charge on any atom is 0.179 e. The minimum atomic E-state index is -0.168. The summed E-state index contributed by atoms with van der Waals surface area (Å²) in [5, 5.41) is 3.48. The van der Waals surface area contributed by atoms with E-state index in [9.17, 15) is 4.79 Å². The van der Waals surface area contributed by atoms with Crippen molar-refractivity contribution in [3.05, 3.63) is 34.9 Å². The van der Waals surface area contributed by atoms with Crippen LogP contribution in [0.4, 0.5) is 0 Å². The Balaban J connectivity index is 0.00000169. The third kappa shape index (κ3) is 3.29. The van der Waals surface area contributed by atoms with E-state index < -0.39 is 0 Å². The number of carbonyl (C=O) groups is 1. The van der Waals surface area contributed by atoms with Crippen LogP contribution in [0.25, 0.3) is 0 Å². The normalized spacial score (nSPS) is 11.6. The smallest absolute Gasteiger partial charge is 0.179 e. The number of Topliss-reactive ketones (excluding diaryl/α,β-unsaturated/α-hetero) is 1. The van der Waals surface area contributed by atoms with Crippen LogP contribution in [0.15, 0.2) is 24.3 Å². The van der Waals surface area contributed by atoms with Crippen LogP contribution in [0, 0.1) is 0 Å². The zero-order chi connectivity index (χ0) is 9.84. The van der Waals surface area contributed by atoms with E-state index in [1.54, 1.807) is 31.3 Å². The van der Waals surface area contributed by atoms with Crippen LogP contribution in [0.2, 0.25) is 5.02 Å². The Morgan fingerprint density at radius 2 is 2.14 bits per heavy atom. The number of nitrogens with one attached hydrogen (secondary N) is 1. The highest BCUT2D eigenvalue weighted by Crippen LogP contribution is 2.12. The molecule has 4 heteroatoms. The molecule has 14 heavy (non-hydrogen) atoms. The molecule has 0 saturated carbocycles. The monoisotopic (exact) mass is 233 g/mol. The second-order valence-electron chi connectivity index (χ2n) is 2.88. The molecule has 0 saturated heterocycles. The minimum absolute atomic E-state index is 0. The van der Waals surface area contributed by atoms with Crippen molar-refractivity contribution in [2.45, 2.75) is 13.0 Å². The van der Waals surface area contributed by atoms with Gasteiger partial charge in [-0.05, 0) is 26.1 Å². The second kappa shape index (κ2) is 6.02. The van der Waals surface area contributed by atoms with Crippen molar-refractivity contribution >= 4 is 29.8 Å². The molecule has 0 heterocycles. The number of ketones is 1. The topological polar surface area (TPSA) is 29.1 Å². The summed E-state index contributed by atoms with van der Waals surface area (Å²) in [6, 6.07) is 6.80. The van der Waals surface area contributed by atoms with Crippen LogP contribution >= 0.6 is 24.0 Å². The number of likely N-dealkylation sites (N-methyl/N-ethyl adjacent to an activating group) is 1. The molecule has 0 fully saturated rings. The van der Waals surface area contributed by atoms with Gasteiger partial charge in [0.1, 0.15) is 0 Å². The van der Waals surface area contributed by atoms with Crippen LogP contribution in [0.3, 0.4) is 0 Å². The molecule has 1 aromatic rings. The second-order valence-corrected chi connectivity index (χ2v) is 3.32. The van der Waals surface area contributed by atoms with E-state index in [4.69, 9.17) is 11.6 Å². The van der Waals surface area contributed by atoms with Gasteiger partial charge in [-0.25, -0.2) is 0 Å². The molecule has 78 valence electrons. The Morgan fingerprint density at radius 1 is 1.50 bits per heavy atom.